The van der Waals surface area contributed by atoms with Gasteiger partial charge in [-0.1, -0.05) is 18.2 Å². The lowest BCUT2D eigenvalue weighted by Crippen LogP contribution is -2.20. The van der Waals surface area contributed by atoms with E-state index in [-0.39, 0.29) is 18.6 Å². The third-order valence-corrected chi connectivity index (χ3v) is 4.64. The Hall–Kier alpha value is -2.83. The van der Waals surface area contributed by atoms with Crippen LogP contribution < -0.4 is 14.9 Å². The van der Waals surface area contributed by atoms with Gasteiger partial charge in [0.1, 0.15) is 0 Å². The molecule has 0 spiro atoms. The fourth-order valence-electron chi connectivity index (χ4n) is 2.41. The summed E-state index contributed by atoms with van der Waals surface area (Å²) in [6, 6.07) is 7.79. The molecule has 0 saturated carbocycles. The summed E-state index contributed by atoms with van der Waals surface area (Å²) >= 11 is 1.99. The number of hydrazone groups is 1. The van der Waals surface area contributed by atoms with Crippen molar-refractivity contribution in [1.82, 2.24) is 5.43 Å². The SMILES string of the molecule is COC(=O)COc1c(I)cc(/C=N/NC(=O)Cc2cccc(C(F)(F)F)c2)cc1OC. The van der Waals surface area contributed by atoms with Crippen molar-refractivity contribution in [3.63, 3.8) is 0 Å². The third kappa shape index (κ3) is 7.42. The predicted octanol–water partition coefficient (Wildman–Crippen LogP) is 3.56. The molecule has 0 atom stereocenters. The molecule has 2 aromatic rings. The molecule has 0 fully saturated rings. The lowest BCUT2D eigenvalue weighted by molar-refractivity contribution is -0.143. The van der Waals surface area contributed by atoms with E-state index in [4.69, 9.17) is 9.47 Å². The van der Waals surface area contributed by atoms with Crippen LogP contribution in [0.4, 0.5) is 13.2 Å². The number of hydrogen-bond donors (Lipinski definition) is 1. The summed E-state index contributed by atoms with van der Waals surface area (Å²) in [5.41, 5.74) is 2.22. The summed E-state index contributed by atoms with van der Waals surface area (Å²) < 4.78 is 54.1. The number of carbonyl (C=O) groups excluding carboxylic acids is 2. The number of nitrogens with one attached hydrogen (secondary N) is 1. The van der Waals surface area contributed by atoms with Gasteiger partial charge in [-0.05, 0) is 51.9 Å². The summed E-state index contributed by atoms with van der Waals surface area (Å²) in [7, 11) is 2.67. The van der Waals surface area contributed by atoms with Crippen LogP contribution in [0, 0.1) is 3.57 Å². The van der Waals surface area contributed by atoms with E-state index >= 15 is 0 Å². The fourth-order valence-corrected chi connectivity index (χ4v) is 3.19. The maximum absolute atomic E-state index is 12.8. The topological polar surface area (TPSA) is 86.2 Å². The highest BCUT2D eigenvalue weighted by molar-refractivity contribution is 14.1. The van der Waals surface area contributed by atoms with E-state index in [1.165, 1.54) is 32.6 Å². The second-order valence-electron chi connectivity index (χ2n) is 6.07. The molecule has 0 bridgehead atoms. The van der Waals surface area contributed by atoms with Crippen LogP contribution in [0.25, 0.3) is 0 Å². The summed E-state index contributed by atoms with van der Waals surface area (Å²) in [5.74, 6) is -0.436. The first-order chi connectivity index (χ1) is 14.6. The number of halogens is 4. The molecule has 0 aliphatic heterocycles. The molecule has 0 unspecified atom stereocenters. The van der Waals surface area contributed by atoms with Gasteiger partial charge in [0.2, 0.25) is 5.91 Å². The van der Waals surface area contributed by atoms with E-state index in [9.17, 15) is 22.8 Å². The number of nitrogens with zero attached hydrogens (tertiary/aromatic N) is 1. The van der Waals surface area contributed by atoms with Gasteiger partial charge < -0.3 is 14.2 Å². The van der Waals surface area contributed by atoms with E-state index in [1.807, 2.05) is 22.6 Å². The highest BCUT2D eigenvalue weighted by Gasteiger charge is 2.30. The minimum Gasteiger partial charge on any atom is -0.493 e. The van der Waals surface area contributed by atoms with E-state index < -0.39 is 23.6 Å². The van der Waals surface area contributed by atoms with Gasteiger partial charge in [-0.3, -0.25) is 4.79 Å². The highest BCUT2D eigenvalue weighted by Crippen LogP contribution is 2.33. The average molecular weight is 550 g/mol. The lowest BCUT2D eigenvalue weighted by Gasteiger charge is -2.12. The third-order valence-electron chi connectivity index (χ3n) is 3.84. The standard InChI is InChI=1S/C20H18F3IN2O5/c1-29-16-8-13(7-15(24)19(16)31-11-18(28)30-2)10-25-26-17(27)9-12-4-3-5-14(6-12)20(21,22)23/h3-8,10H,9,11H2,1-2H3,(H,26,27)/b25-10+. The van der Waals surface area contributed by atoms with E-state index in [0.717, 1.165) is 12.1 Å². The zero-order chi connectivity index (χ0) is 23.0. The Balaban J connectivity index is 2.03. The predicted molar refractivity (Wildman–Crippen MR) is 114 cm³/mol. The maximum Gasteiger partial charge on any atom is 0.416 e. The molecule has 31 heavy (non-hydrogen) atoms. The molecule has 166 valence electrons. The second kappa shape index (κ2) is 11.0. The Morgan fingerprint density at radius 1 is 1.19 bits per heavy atom. The number of alkyl halides is 3. The Morgan fingerprint density at radius 2 is 1.94 bits per heavy atom. The molecule has 1 N–H and O–H groups in total. The quantitative estimate of drug-likeness (QED) is 0.235. The molecular formula is C20H18F3IN2O5. The number of esters is 1. The normalized spacial score (nSPS) is 11.3. The van der Waals surface area contributed by atoms with Crippen LogP contribution >= 0.6 is 22.6 Å². The molecule has 2 rings (SSSR count). The molecular weight excluding hydrogens is 532 g/mol. The van der Waals surface area contributed by atoms with E-state index in [2.05, 4.69) is 15.3 Å². The molecule has 0 aliphatic rings. The van der Waals surface area contributed by atoms with Crippen LogP contribution in [-0.4, -0.2) is 38.9 Å². The van der Waals surface area contributed by atoms with E-state index in [1.54, 1.807) is 12.1 Å². The van der Waals surface area contributed by atoms with Crippen molar-refractivity contribution in [2.75, 3.05) is 20.8 Å². The molecule has 0 aliphatic carbocycles. The van der Waals surface area contributed by atoms with Crippen LogP contribution in [0.5, 0.6) is 11.5 Å². The van der Waals surface area contributed by atoms with Gasteiger partial charge in [0.15, 0.2) is 18.1 Å². The first kappa shape index (κ1) is 24.4. The average Bonchev–Trinajstić information content (AvgIpc) is 2.71. The van der Waals surface area contributed by atoms with Crippen LogP contribution in [0.1, 0.15) is 16.7 Å². The minimum absolute atomic E-state index is 0.214. The summed E-state index contributed by atoms with van der Waals surface area (Å²) in [6.45, 7) is -0.290. The zero-order valence-electron chi connectivity index (χ0n) is 16.5. The van der Waals surface area contributed by atoms with E-state index in [0.29, 0.717) is 20.6 Å². The number of amides is 1. The van der Waals surface area contributed by atoms with Gasteiger partial charge in [-0.15, -0.1) is 0 Å². The molecule has 0 aromatic heterocycles. The molecule has 11 heteroatoms. The molecule has 0 radical (unpaired) electrons. The summed E-state index contributed by atoms with van der Waals surface area (Å²) in [4.78, 5) is 23.2. The van der Waals surface area contributed by atoms with Crippen LogP contribution in [0.3, 0.4) is 0 Å². The van der Waals surface area contributed by atoms with Gasteiger partial charge in [0.25, 0.3) is 0 Å². The highest BCUT2D eigenvalue weighted by atomic mass is 127. The number of ether oxygens (including phenoxy) is 3. The van der Waals surface area contributed by atoms with Crippen LogP contribution in [0.15, 0.2) is 41.5 Å². The Labute approximate surface area is 189 Å². The molecule has 0 heterocycles. The van der Waals surface area contributed by atoms with Crippen molar-refractivity contribution in [3.8, 4) is 11.5 Å². The first-order valence-electron chi connectivity index (χ1n) is 8.69. The maximum atomic E-state index is 12.8. The van der Waals surface area contributed by atoms with Gasteiger partial charge in [-0.25, -0.2) is 10.2 Å². The van der Waals surface area contributed by atoms with Gasteiger partial charge in [0.05, 0.1) is 36.0 Å². The van der Waals surface area contributed by atoms with Crippen molar-refractivity contribution in [1.29, 1.82) is 0 Å². The lowest BCUT2D eigenvalue weighted by atomic mass is 10.1. The second-order valence-corrected chi connectivity index (χ2v) is 7.23. The largest absolute Gasteiger partial charge is 0.493 e. The summed E-state index contributed by atoms with van der Waals surface area (Å²) in [5, 5.41) is 3.82. The fraction of sp³-hybridized carbons (Fsp3) is 0.250. The van der Waals surface area contributed by atoms with Crippen molar-refractivity contribution in [2.45, 2.75) is 12.6 Å². The molecule has 7 nitrogen and oxygen atoms in total. The minimum atomic E-state index is -4.48. The first-order valence-corrected chi connectivity index (χ1v) is 9.77. The van der Waals surface area contributed by atoms with Crippen molar-refractivity contribution in [2.24, 2.45) is 5.10 Å². The smallest absolute Gasteiger partial charge is 0.416 e. The number of carbonyl (C=O) groups is 2. The van der Waals surface area contributed by atoms with Gasteiger partial charge >= 0.3 is 12.1 Å². The number of benzene rings is 2. The Kier molecular flexibility index (Phi) is 8.65. The zero-order valence-corrected chi connectivity index (χ0v) is 18.6. The van der Waals surface area contributed by atoms with Crippen molar-refractivity contribution >= 4 is 40.7 Å². The Morgan fingerprint density at radius 3 is 2.58 bits per heavy atom. The number of rotatable bonds is 8. The van der Waals surface area contributed by atoms with Crippen molar-refractivity contribution in [3.05, 3.63) is 56.7 Å². The monoisotopic (exact) mass is 550 g/mol. The number of hydrogen-bond acceptors (Lipinski definition) is 6. The molecule has 0 saturated heterocycles. The molecule has 1 amide bonds. The van der Waals surface area contributed by atoms with Crippen molar-refractivity contribution < 1.29 is 37.0 Å². The van der Waals surface area contributed by atoms with Crippen LogP contribution in [0.2, 0.25) is 0 Å². The Bertz CT molecular complexity index is 980. The molecule has 2 aromatic carbocycles. The van der Waals surface area contributed by atoms with Gasteiger partial charge in [0, 0.05) is 0 Å². The number of methoxy groups -OCH3 is 2. The van der Waals surface area contributed by atoms with Crippen LogP contribution in [-0.2, 0) is 26.9 Å². The van der Waals surface area contributed by atoms with Gasteiger partial charge in [-0.2, -0.15) is 18.3 Å². The summed E-state index contributed by atoms with van der Waals surface area (Å²) in [6.07, 6.45) is -3.39.